The topological polar surface area (TPSA) is 60.6 Å². The Hall–Kier alpha value is -2.08. The van der Waals surface area contributed by atoms with E-state index in [0.717, 1.165) is 43.7 Å². The summed E-state index contributed by atoms with van der Waals surface area (Å²) in [5.41, 5.74) is 0.839. The maximum atomic E-state index is 5.88. The summed E-state index contributed by atoms with van der Waals surface area (Å²) >= 11 is 0. The predicted octanol–water partition coefficient (Wildman–Crippen LogP) is 3.14. The number of aromatic nitrogens is 2. The van der Waals surface area contributed by atoms with Crippen LogP contribution < -0.4 is 9.64 Å². The fourth-order valence-corrected chi connectivity index (χ4v) is 2.72. The van der Waals surface area contributed by atoms with E-state index in [-0.39, 0.29) is 0 Å². The average molecular weight is 317 g/mol. The molecule has 1 aromatic heterocycles. The van der Waals surface area contributed by atoms with Crippen molar-refractivity contribution in [2.75, 3.05) is 31.7 Å². The van der Waals surface area contributed by atoms with Gasteiger partial charge < -0.3 is 18.8 Å². The Bertz CT molecular complexity index is 621. The van der Waals surface area contributed by atoms with E-state index in [1.54, 1.807) is 7.11 Å². The third-order valence-corrected chi connectivity index (χ3v) is 4.04. The molecule has 0 N–H and O–H groups in total. The highest BCUT2D eigenvalue weighted by Gasteiger charge is 2.23. The third-order valence-electron chi connectivity index (χ3n) is 4.04. The van der Waals surface area contributed by atoms with E-state index in [2.05, 4.69) is 22.0 Å². The highest BCUT2D eigenvalue weighted by atomic mass is 16.5. The van der Waals surface area contributed by atoms with Gasteiger partial charge in [0, 0.05) is 20.2 Å². The van der Waals surface area contributed by atoms with Gasteiger partial charge in [-0.25, -0.2) is 0 Å². The van der Waals surface area contributed by atoms with E-state index in [0.29, 0.717) is 24.6 Å². The zero-order valence-corrected chi connectivity index (χ0v) is 13.7. The Morgan fingerprint density at radius 2 is 2.00 bits per heavy atom. The minimum Gasteiger partial charge on any atom is -0.493 e. The van der Waals surface area contributed by atoms with E-state index >= 15 is 0 Å². The number of anilines is 1. The van der Waals surface area contributed by atoms with Gasteiger partial charge in [-0.05, 0) is 31.4 Å². The van der Waals surface area contributed by atoms with Gasteiger partial charge >= 0.3 is 6.01 Å². The molecular formula is C17H23N3O3. The van der Waals surface area contributed by atoms with E-state index in [1.807, 2.05) is 24.3 Å². The lowest BCUT2D eigenvalue weighted by atomic mass is 10.1. The number of rotatable bonds is 6. The van der Waals surface area contributed by atoms with Crippen LogP contribution in [-0.2, 0) is 4.74 Å². The van der Waals surface area contributed by atoms with Crippen LogP contribution in [0.4, 0.5) is 6.01 Å². The van der Waals surface area contributed by atoms with Crippen molar-refractivity contribution >= 4 is 6.01 Å². The first-order chi connectivity index (χ1) is 11.3. The molecular weight excluding hydrogens is 294 g/mol. The molecule has 0 spiro atoms. The molecule has 1 saturated heterocycles. The van der Waals surface area contributed by atoms with Crippen molar-refractivity contribution in [3.8, 4) is 17.2 Å². The third kappa shape index (κ3) is 3.64. The Kier molecular flexibility index (Phi) is 5.12. The van der Waals surface area contributed by atoms with Crippen molar-refractivity contribution < 1.29 is 13.9 Å². The number of hydrogen-bond donors (Lipinski definition) is 0. The van der Waals surface area contributed by atoms with Gasteiger partial charge in [-0.15, -0.1) is 5.10 Å². The fraction of sp³-hybridized carbons (Fsp3) is 0.529. The van der Waals surface area contributed by atoms with Crippen molar-refractivity contribution in [2.24, 2.45) is 0 Å². The standard InChI is InChI=1S/C17H23N3O3/c1-3-12-22-15-7-5-4-6-14(15)16-18-19-17(23-16)20-10-8-13(21-2)9-11-20/h4-7,13H,3,8-12H2,1-2H3. The molecule has 2 heterocycles. The van der Waals surface area contributed by atoms with Crippen LogP contribution in [0.3, 0.4) is 0 Å². The molecule has 6 nitrogen and oxygen atoms in total. The Labute approximate surface area is 136 Å². The van der Waals surface area contributed by atoms with Crippen LogP contribution >= 0.6 is 0 Å². The number of ether oxygens (including phenoxy) is 2. The zero-order valence-electron chi connectivity index (χ0n) is 13.7. The summed E-state index contributed by atoms with van der Waals surface area (Å²) in [5, 5.41) is 8.40. The number of hydrogen-bond acceptors (Lipinski definition) is 6. The average Bonchev–Trinajstić information content (AvgIpc) is 3.10. The highest BCUT2D eigenvalue weighted by molar-refractivity contribution is 5.62. The fourth-order valence-electron chi connectivity index (χ4n) is 2.72. The number of methoxy groups -OCH3 is 1. The van der Waals surface area contributed by atoms with Crippen LogP contribution in [0.1, 0.15) is 26.2 Å². The lowest BCUT2D eigenvalue weighted by Gasteiger charge is -2.29. The quantitative estimate of drug-likeness (QED) is 0.815. The number of nitrogens with zero attached hydrogens (tertiary/aromatic N) is 3. The molecule has 0 radical (unpaired) electrons. The first-order valence-electron chi connectivity index (χ1n) is 8.15. The van der Waals surface area contributed by atoms with Crippen molar-refractivity contribution in [3.63, 3.8) is 0 Å². The van der Waals surface area contributed by atoms with E-state index in [9.17, 15) is 0 Å². The molecule has 0 saturated carbocycles. The lowest BCUT2D eigenvalue weighted by Crippen LogP contribution is -2.36. The highest BCUT2D eigenvalue weighted by Crippen LogP contribution is 2.31. The van der Waals surface area contributed by atoms with Gasteiger partial charge in [0.2, 0.25) is 0 Å². The van der Waals surface area contributed by atoms with Crippen LogP contribution in [0.2, 0.25) is 0 Å². The first kappa shape index (κ1) is 15.8. The maximum absolute atomic E-state index is 5.88. The Morgan fingerprint density at radius 1 is 1.22 bits per heavy atom. The molecule has 1 aliphatic heterocycles. The second kappa shape index (κ2) is 7.46. The monoisotopic (exact) mass is 317 g/mol. The first-order valence-corrected chi connectivity index (χ1v) is 8.15. The largest absolute Gasteiger partial charge is 0.493 e. The van der Waals surface area contributed by atoms with Crippen molar-refractivity contribution in [1.82, 2.24) is 10.2 Å². The van der Waals surface area contributed by atoms with Crippen LogP contribution in [-0.4, -0.2) is 43.1 Å². The zero-order chi connectivity index (χ0) is 16.1. The summed E-state index contributed by atoms with van der Waals surface area (Å²) in [6.45, 7) is 4.49. The lowest BCUT2D eigenvalue weighted by molar-refractivity contribution is 0.0811. The van der Waals surface area contributed by atoms with E-state index in [1.165, 1.54) is 0 Å². The smallest absolute Gasteiger partial charge is 0.318 e. The van der Waals surface area contributed by atoms with Gasteiger partial charge in [-0.1, -0.05) is 24.2 Å². The molecule has 2 aromatic rings. The van der Waals surface area contributed by atoms with Gasteiger partial charge in [-0.3, -0.25) is 0 Å². The molecule has 23 heavy (non-hydrogen) atoms. The minimum atomic E-state index is 0.330. The number of piperidine rings is 1. The van der Waals surface area contributed by atoms with Crippen LogP contribution in [0.25, 0.3) is 11.5 Å². The summed E-state index contributed by atoms with van der Waals surface area (Å²) < 4.78 is 17.0. The normalized spacial score (nSPS) is 15.8. The van der Waals surface area contributed by atoms with Crippen molar-refractivity contribution in [1.29, 1.82) is 0 Å². The summed E-state index contributed by atoms with van der Waals surface area (Å²) in [4.78, 5) is 2.11. The van der Waals surface area contributed by atoms with Gasteiger partial charge in [-0.2, -0.15) is 0 Å². The van der Waals surface area contributed by atoms with Crippen LogP contribution in [0, 0.1) is 0 Å². The molecule has 0 atom stereocenters. The second-order valence-electron chi connectivity index (χ2n) is 5.66. The Balaban J connectivity index is 1.75. The minimum absolute atomic E-state index is 0.330. The van der Waals surface area contributed by atoms with Crippen molar-refractivity contribution in [2.45, 2.75) is 32.3 Å². The van der Waals surface area contributed by atoms with E-state index in [4.69, 9.17) is 13.9 Å². The molecule has 0 unspecified atom stereocenters. The van der Waals surface area contributed by atoms with Gasteiger partial charge in [0.15, 0.2) is 0 Å². The molecule has 1 aliphatic rings. The Morgan fingerprint density at radius 3 is 2.74 bits per heavy atom. The molecule has 0 aliphatic carbocycles. The summed E-state index contributed by atoms with van der Waals surface area (Å²) in [6.07, 6.45) is 3.24. The van der Waals surface area contributed by atoms with Gasteiger partial charge in [0.25, 0.3) is 5.89 Å². The molecule has 3 rings (SSSR count). The van der Waals surface area contributed by atoms with E-state index < -0.39 is 0 Å². The van der Waals surface area contributed by atoms with Crippen LogP contribution in [0.5, 0.6) is 5.75 Å². The van der Waals surface area contributed by atoms with Crippen LogP contribution in [0.15, 0.2) is 28.7 Å². The molecule has 0 bridgehead atoms. The molecule has 1 fully saturated rings. The maximum Gasteiger partial charge on any atom is 0.318 e. The second-order valence-corrected chi connectivity index (χ2v) is 5.66. The van der Waals surface area contributed by atoms with Gasteiger partial charge in [0.1, 0.15) is 5.75 Å². The molecule has 124 valence electrons. The van der Waals surface area contributed by atoms with Crippen molar-refractivity contribution in [3.05, 3.63) is 24.3 Å². The summed E-state index contributed by atoms with van der Waals surface area (Å²) in [6, 6.07) is 8.33. The summed E-state index contributed by atoms with van der Waals surface area (Å²) in [5.74, 6) is 1.28. The summed E-state index contributed by atoms with van der Waals surface area (Å²) in [7, 11) is 1.76. The van der Waals surface area contributed by atoms with Gasteiger partial charge in [0.05, 0.1) is 18.3 Å². The SMILES string of the molecule is CCCOc1ccccc1-c1nnc(N2CCC(OC)CC2)o1. The molecule has 1 aromatic carbocycles. The number of para-hydroxylation sites is 1. The predicted molar refractivity (Wildman–Crippen MR) is 87.8 cm³/mol. The number of benzene rings is 1. The molecule has 6 heteroatoms. The molecule has 0 amide bonds.